The molecule has 1 atom stereocenters. The van der Waals surface area contributed by atoms with Crippen LogP contribution in [0.3, 0.4) is 0 Å². The Kier molecular flexibility index (Phi) is 17.8. The van der Waals surface area contributed by atoms with E-state index in [1.165, 1.54) is 51.9 Å². The maximum absolute atomic E-state index is 10.2. The molecule has 6 nitrogen and oxygen atoms in total. The Hall–Kier alpha value is -0.210. The number of unbranched alkanes of at least 4 members (excludes halogenated alkanes) is 9. The standard InChI is InChI=1S/C12H26O4S.C2H7NO/c1-2-3-4-5-6-7-8-9-10-11-12-16-17(13,14)15;1-2(3)4/h2-12H2,1H3,(H,13,14,15);2,4H,3H2,1H3. The normalized spacial score (nSPS) is 12.6. The molecule has 0 aliphatic heterocycles. The van der Waals surface area contributed by atoms with Crippen LogP contribution in [0.15, 0.2) is 0 Å². The summed E-state index contributed by atoms with van der Waals surface area (Å²) >= 11 is 0. The van der Waals surface area contributed by atoms with Crippen molar-refractivity contribution in [2.24, 2.45) is 5.73 Å². The van der Waals surface area contributed by atoms with Gasteiger partial charge in [0.05, 0.1) is 12.8 Å². The molecule has 0 saturated carbocycles. The third-order valence-corrected chi connectivity index (χ3v) is 3.19. The van der Waals surface area contributed by atoms with E-state index in [1.807, 2.05) is 0 Å². The van der Waals surface area contributed by atoms with Crippen LogP contribution in [0.25, 0.3) is 0 Å². The second kappa shape index (κ2) is 16.2. The highest BCUT2D eigenvalue weighted by atomic mass is 32.3. The van der Waals surface area contributed by atoms with E-state index in [0.717, 1.165) is 12.8 Å². The van der Waals surface area contributed by atoms with E-state index in [1.54, 1.807) is 0 Å². The Morgan fingerprint density at radius 1 is 0.952 bits per heavy atom. The summed E-state index contributed by atoms with van der Waals surface area (Å²) in [4.78, 5) is 0. The summed E-state index contributed by atoms with van der Waals surface area (Å²) in [5.41, 5.74) is 4.67. The molecule has 0 rings (SSSR count). The van der Waals surface area contributed by atoms with E-state index in [-0.39, 0.29) is 6.61 Å². The van der Waals surface area contributed by atoms with Gasteiger partial charge < -0.3 is 10.8 Å². The monoisotopic (exact) mass is 327 g/mol. The molecular weight excluding hydrogens is 294 g/mol. The highest BCUT2D eigenvalue weighted by Crippen LogP contribution is 2.10. The molecule has 0 heterocycles. The molecule has 0 amide bonds. The van der Waals surface area contributed by atoms with E-state index >= 15 is 0 Å². The summed E-state index contributed by atoms with van der Waals surface area (Å²) < 4.78 is 33.0. The maximum Gasteiger partial charge on any atom is 0.397 e. The van der Waals surface area contributed by atoms with Gasteiger partial charge in [0, 0.05) is 0 Å². The van der Waals surface area contributed by atoms with Gasteiger partial charge in [0.15, 0.2) is 0 Å². The Balaban J connectivity index is 0. The van der Waals surface area contributed by atoms with Crippen LogP contribution in [-0.2, 0) is 14.6 Å². The second-order valence-electron chi connectivity index (χ2n) is 5.17. The van der Waals surface area contributed by atoms with E-state index < -0.39 is 16.6 Å². The van der Waals surface area contributed by atoms with Crippen molar-refractivity contribution >= 4 is 10.4 Å². The van der Waals surface area contributed by atoms with Gasteiger partial charge in [-0.05, 0) is 13.3 Å². The Morgan fingerprint density at radius 3 is 1.62 bits per heavy atom. The summed E-state index contributed by atoms with van der Waals surface area (Å²) in [5, 5.41) is 7.83. The molecule has 0 aromatic rings. The lowest BCUT2D eigenvalue weighted by molar-refractivity contribution is 0.203. The molecule has 21 heavy (non-hydrogen) atoms. The quantitative estimate of drug-likeness (QED) is 0.289. The molecule has 0 aliphatic carbocycles. The Bertz CT molecular complexity index is 291. The molecule has 0 aromatic carbocycles. The minimum Gasteiger partial charge on any atom is -0.379 e. The third-order valence-electron chi connectivity index (χ3n) is 2.73. The molecule has 0 fully saturated rings. The van der Waals surface area contributed by atoms with Crippen LogP contribution >= 0.6 is 0 Å². The predicted molar refractivity (Wildman–Crippen MR) is 85.2 cm³/mol. The second-order valence-corrected chi connectivity index (χ2v) is 6.26. The van der Waals surface area contributed by atoms with E-state index in [9.17, 15) is 8.42 Å². The zero-order chi connectivity index (χ0) is 16.6. The Labute approximate surface area is 130 Å². The number of hydrogen-bond acceptors (Lipinski definition) is 5. The van der Waals surface area contributed by atoms with Crippen LogP contribution in [0.1, 0.15) is 78.1 Å². The van der Waals surface area contributed by atoms with Gasteiger partial charge in [0.25, 0.3) is 0 Å². The van der Waals surface area contributed by atoms with Gasteiger partial charge in [-0.2, -0.15) is 8.42 Å². The van der Waals surface area contributed by atoms with Gasteiger partial charge in [-0.25, -0.2) is 4.18 Å². The topological polar surface area (TPSA) is 110 Å². The molecule has 0 radical (unpaired) electrons. The van der Waals surface area contributed by atoms with Crippen molar-refractivity contribution in [2.45, 2.75) is 84.3 Å². The van der Waals surface area contributed by atoms with Crippen LogP contribution in [0.4, 0.5) is 0 Å². The lowest BCUT2D eigenvalue weighted by atomic mass is 10.1. The van der Waals surface area contributed by atoms with Crippen molar-refractivity contribution in [2.75, 3.05) is 6.61 Å². The summed E-state index contributed by atoms with van der Waals surface area (Å²) in [6.45, 7) is 3.81. The van der Waals surface area contributed by atoms with E-state index in [4.69, 9.17) is 9.66 Å². The predicted octanol–water partition coefficient (Wildman–Crippen LogP) is 3.01. The van der Waals surface area contributed by atoms with Gasteiger partial charge in [-0.1, -0.05) is 64.7 Å². The van der Waals surface area contributed by atoms with Gasteiger partial charge in [0.2, 0.25) is 0 Å². The number of hydrogen-bond donors (Lipinski definition) is 3. The molecule has 130 valence electrons. The van der Waals surface area contributed by atoms with Crippen molar-refractivity contribution in [3.05, 3.63) is 0 Å². The van der Waals surface area contributed by atoms with Crippen molar-refractivity contribution < 1.29 is 22.3 Å². The zero-order valence-corrected chi connectivity index (χ0v) is 14.3. The first-order valence-corrected chi connectivity index (χ1v) is 9.21. The minimum atomic E-state index is -4.23. The van der Waals surface area contributed by atoms with Crippen LogP contribution in [-0.4, -0.2) is 30.9 Å². The van der Waals surface area contributed by atoms with Crippen molar-refractivity contribution in [1.29, 1.82) is 0 Å². The first kappa shape index (κ1) is 23.1. The van der Waals surface area contributed by atoms with Gasteiger partial charge >= 0.3 is 10.4 Å². The number of aliphatic hydroxyl groups is 1. The molecule has 0 bridgehead atoms. The highest BCUT2D eigenvalue weighted by Gasteiger charge is 2.02. The molecule has 0 spiro atoms. The zero-order valence-electron chi connectivity index (χ0n) is 13.5. The molecule has 0 saturated heterocycles. The van der Waals surface area contributed by atoms with Crippen LogP contribution in [0, 0.1) is 0 Å². The molecule has 7 heteroatoms. The van der Waals surface area contributed by atoms with Gasteiger partial charge in [-0.3, -0.25) is 4.55 Å². The fraction of sp³-hybridized carbons (Fsp3) is 1.00. The van der Waals surface area contributed by atoms with Crippen molar-refractivity contribution in [3.8, 4) is 0 Å². The number of aliphatic hydroxyl groups excluding tert-OH is 1. The number of rotatable bonds is 12. The average molecular weight is 327 g/mol. The molecule has 4 N–H and O–H groups in total. The highest BCUT2D eigenvalue weighted by molar-refractivity contribution is 7.80. The van der Waals surface area contributed by atoms with E-state index in [2.05, 4.69) is 16.8 Å². The summed E-state index contributed by atoms with van der Waals surface area (Å²) in [6.07, 6.45) is 11.2. The minimum absolute atomic E-state index is 0.0926. The van der Waals surface area contributed by atoms with Gasteiger partial charge in [-0.15, -0.1) is 0 Å². The maximum atomic E-state index is 10.2. The van der Waals surface area contributed by atoms with Crippen LogP contribution < -0.4 is 5.73 Å². The lowest BCUT2D eigenvalue weighted by Crippen LogP contribution is -2.11. The molecular formula is C14H33NO5S. The summed E-state index contributed by atoms with van der Waals surface area (Å²) in [6, 6.07) is 0. The fourth-order valence-electron chi connectivity index (χ4n) is 1.75. The molecule has 0 aromatic heterocycles. The first-order chi connectivity index (χ1) is 9.79. The van der Waals surface area contributed by atoms with E-state index in [0.29, 0.717) is 6.42 Å². The largest absolute Gasteiger partial charge is 0.397 e. The number of nitrogens with two attached hydrogens (primary N) is 1. The smallest absolute Gasteiger partial charge is 0.379 e. The van der Waals surface area contributed by atoms with Crippen LogP contribution in [0.5, 0.6) is 0 Å². The third kappa shape index (κ3) is 32.9. The fourth-order valence-corrected chi connectivity index (χ4v) is 2.08. The lowest BCUT2D eigenvalue weighted by Gasteiger charge is -2.02. The molecule has 0 aliphatic rings. The first-order valence-electron chi connectivity index (χ1n) is 7.85. The average Bonchev–Trinajstić information content (AvgIpc) is 2.34. The summed E-state index contributed by atoms with van der Waals surface area (Å²) in [5.74, 6) is 0. The summed E-state index contributed by atoms with van der Waals surface area (Å²) in [7, 11) is -4.23. The SMILES string of the molecule is CC(N)O.CCCCCCCCCCCCOS(=O)(=O)O. The Morgan fingerprint density at radius 2 is 1.29 bits per heavy atom. The van der Waals surface area contributed by atoms with Crippen molar-refractivity contribution in [3.63, 3.8) is 0 Å². The van der Waals surface area contributed by atoms with Gasteiger partial charge in [0.1, 0.15) is 0 Å². The van der Waals surface area contributed by atoms with Crippen molar-refractivity contribution in [1.82, 2.24) is 0 Å². The van der Waals surface area contributed by atoms with Crippen LogP contribution in [0.2, 0.25) is 0 Å². The molecule has 1 unspecified atom stereocenters.